The van der Waals surface area contributed by atoms with Gasteiger partial charge in [0.15, 0.2) is 0 Å². The Morgan fingerprint density at radius 2 is 2.06 bits per heavy atom. The second-order valence-corrected chi connectivity index (χ2v) is 5.37. The van der Waals surface area contributed by atoms with Gasteiger partial charge in [0.05, 0.1) is 18.0 Å². The molecule has 1 aromatic heterocycles. The van der Waals surface area contributed by atoms with E-state index in [1.165, 1.54) is 12.3 Å². The van der Waals surface area contributed by atoms with Crippen LogP contribution >= 0.6 is 0 Å². The third-order valence-electron chi connectivity index (χ3n) is 4.14. The predicted molar refractivity (Wildman–Crippen MR) is 64.8 cm³/mol. The first-order valence-corrected chi connectivity index (χ1v) is 6.37. The average molecular weight is 237 g/mol. The standard InChI is InChI=1S/C14H20FNO/c1-9-3-4-11(7-10(9)2)14(17)13-6-5-12(15)8-16-13/h5-6,8-11,14,17H,3-4,7H2,1-2H3. The average Bonchev–Trinajstić information content (AvgIpc) is 2.33. The number of aliphatic hydroxyl groups is 1. The van der Waals surface area contributed by atoms with E-state index in [-0.39, 0.29) is 11.7 Å². The summed E-state index contributed by atoms with van der Waals surface area (Å²) < 4.78 is 12.8. The molecule has 0 radical (unpaired) electrons. The second-order valence-electron chi connectivity index (χ2n) is 5.37. The summed E-state index contributed by atoms with van der Waals surface area (Å²) in [5.41, 5.74) is 0.596. The van der Waals surface area contributed by atoms with Crippen molar-refractivity contribution in [2.24, 2.45) is 17.8 Å². The molecule has 1 aliphatic rings. The molecule has 2 rings (SSSR count). The maximum atomic E-state index is 12.8. The van der Waals surface area contributed by atoms with Gasteiger partial charge in [-0.3, -0.25) is 4.98 Å². The van der Waals surface area contributed by atoms with Crippen molar-refractivity contribution in [3.63, 3.8) is 0 Å². The lowest BCUT2D eigenvalue weighted by atomic mass is 9.73. The van der Waals surface area contributed by atoms with Crippen molar-refractivity contribution >= 4 is 0 Å². The van der Waals surface area contributed by atoms with Crippen LogP contribution in [0.5, 0.6) is 0 Å². The van der Waals surface area contributed by atoms with Gasteiger partial charge in [-0.15, -0.1) is 0 Å². The van der Waals surface area contributed by atoms with Gasteiger partial charge < -0.3 is 5.11 Å². The highest BCUT2D eigenvalue weighted by molar-refractivity contribution is 5.09. The zero-order valence-corrected chi connectivity index (χ0v) is 10.4. The molecule has 0 bridgehead atoms. The lowest BCUT2D eigenvalue weighted by Crippen LogP contribution is -2.25. The molecule has 94 valence electrons. The van der Waals surface area contributed by atoms with Gasteiger partial charge in [-0.1, -0.05) is 20.3 Å². The zero-order chi connectivity index (χ0) is 12.4. The van der Waals surface area contributed by atoms with Crippen molar-refractivity contribution in [3.05, 3.63) is 29.8 Å². The van der Waals surface area contributed by atoms with Gasteiger partial charge in [-0.2, -0.15) is 0 Å². The molecule has 17 heavy (non-hydrogen) atoms. The molecule has 1 fully saturated rings. The van der Waals surface area contributed by atoms with Crippen molar-refractivity contribution in [3.8, 4) is 0 Å². The van der Waals surface area contributed by atoms with Crippen LogP contribution in [0.15, 0.2) is 18.3 Å². The first kappa shape index (κ1) is 12.5. The number of aromatic nitrogens is 1. The van der Waals surface area contributed by atoms with Crippen molar-refractivity contribution in [1.29, 1.82) is 0 Å². The molecule has 2 nitrogen and oxygen atoms in total. The van der Waals surface area contributed by atoms with Gasteiger partial charge >= 0.3 is 0 Å². The van der Waals surface area contributed by atoms with Crippen LogP contribution in [0.1, 0.15) is 44.9 Å². The minimum Gasteiger partial charge on any atom is -0.387 e. The van der Waals surface area contributed by atoms with E-state index in [0.717, 1.165) is 25.2 Å². The second kappa shape index (κ2) is 5.13. The van der Waals surface area contributed by atoms with E-state index in [9.17, 15) is 9.50 Å². The summed E-state index contributed by atoms with van der Waals surface area (Å²) in [6.45, 7) is 4.51. The van der Waals surface area contributed by atoms with Crippen molar-refractivity contribution in [1.82, 2.24) is 4.98 Å². The molecular weight excluding hydrogens is 217 g/mol. The summed E-state index contributed by atoms with van der Waals surface area (Å²) in [6.07, 6.45) is 3.84. The van der Waals surface area contributed by atoms with Gasteiger partial charge in [-0.25, -0.2) is 4.39 Å². The fourth-order valence-corrected chi connectivity index (χ4v) is 2.68. The molecule has 0 spiro atoms. The number of halogens is 1. The van der Waals surface area contributed by atoms with Crippen molar-refractivity contribution in [2.45, 2.75) is 39.2 Å². The van der Waals surface area contributed by atoms with Gasteiger partial charge in [0.1, 0.15) is 5.82 Å². The van der Waals surface area contributed by atoms with Gasteiger partial charge in [-0.05, 0) is 42.7 Å². The molecule has 1 aliphatic carbocycles. The Kier molecular flexibility index (Phi) is 3.77. The highest BCUT2D eigenvalue weighted by Gasteiger charge is 2.30. The van der Waals surface area contributed by atoms with E-state index in [1.54, 1.807) is 6.07 Å². The SMILES string of the molecule is CC1CCC(C(O)c2ccc(F)cn2)CC1C. The highest BCUT2D eigenvalue weighted by Crippen LogP contribution is 2.39. The maximum Gasteiger partial charge on any atom is 0.141 e. The zero-order valence-electron chi connectivity index (χ0n) is 10.4. The third kappa shape index (κ3) is 2.83. The fraction of sp³-hybridized carbons (Fsp3) is 0.643. The number of nitrogens with zero attached hydrogens (tertiary/aromatic N) is 1. The lowest BCUT2D eigenvalue weighted by molar-refractivity contribution is 0.0531. The molecule has 4 atom stereocenters. The van der Waals surface area contributed by atoms with E-state index in [0.29, 0.717) is 11.6 Å². The molecule has 0 amide bonds. The number of hydrogen-bond donors (Lipinski definition) is 1. The van der Waals surface area contributed by atoms with Crippen molar-refractivity contribution < 1.29 is 9.50 Å². The molecule has 4 unspecified atom stereocenters. The van der Waals surface area contributed by atoms with Gasteiger partial charge in [0.2, 0.25) is 0 Å². The van der Waals surface area contributed by atoms with Gasteiger partial charge in [0.25, 0.3) is 0 Å². The molecule has 3 heteroatoms. The largest absolute Gasteiger partial charge is 0.387 e. The van der Waals surface area contributed by atoms with Gasteiger partial charge in [0, 0.05) is 0 Å². The first-order valence-electron chi connectivity index (χ1n) is 6.37. The molecule has 0 aliphatic heterocycles. The van der Waals surface area contributed by atoms with Crippen LogP contribution in [0.25, 0.3) is 0 Å². The minimum absolute atomic E-state index is 0.263. The van der Waals surface area contributed by atoms with E-state index < -0.39 is 6.10 Å². The summed E-state index contributed by atoms with van der Waals surface area (Å²) in [5.74, 6) is 1.29. The Hall–Kier alpha value is -0.960. The Labute approximate surface area is 102 Å². The quantitative estimate of drug-likeness (QED) is 0.856. The Morgan fingerprint density at radius 3 is 2.65 bits per heavy atom. The van der Waals surface area contributed by atoms with E-state index in [1.807, 2.05) is 0 Å². The first-order chi connectivity index (χ1) is 8.08. The fourth-order valence-electron chi connectivity index (χ4n) is 2.68. The Bertz CT molecular complexity index is 365. The summed E-state index contributed by atoms with van der Waals surface area (Å²) in [6, 6.07) is 2.95. The van der Waals surface area contributed by atoms with E-state index in [2.05, 4.69) is 18.8 Å². The van der Waals surface area contributed by atoms with Crippen LogP contribution in [-0.2, 0) is 0 Å². The third-order valence-corrected chi connectivity index (χ3v) is 4.14. The van der Waals surface area contributed by atoms with Crippen LogP contribution in [0, 0.1) is 23.6 Å². The number of pyridine rings is 1. The minimum atomic E-state index is -0.550. The summed E-state index contributed by atoms with van der Waals surface area (Å²) in [4.78, 5) is 3.97. The van der Waals surface area contributed by atoms with Crippen LogP contribution in [0.4, 0.5) is 4.39 Å². The number of aliphatic hydroxyl groups excluding tert-OH is 1. The lowest BCUT2D eigenvalue weighted by Gasteiger charge is -2.34. The molecule has 0 aromatic carbocycles. The van der Waals surface area contributed by atoms with Crippen molar-refractivity contribution in [2.75, 3.05) is 0 Å². The summed E-state index contributed by atoms with van der Waals surface area (Å²) in [7, 11) is 0. The molecule has 1 heterocycles. The summed E-state index contributed by atoms with van der Waals surface area (Å²) >= 11 is 0. The van der Waals surface area contributed by atoms with Crippen LogP contribution in [0.2, 0.25) is 0 Å². The molecule has 1 saturated carbocycles. The van der Waals surface area contributed by atoms with Crippen LogP contribution in [0.3, 0.4) is 0 Å². The molecule has 0 saturated heterocycles. The number of rotatable bonds is 2. The van der Waals surface area contributed by atoms with Crippen LogP contribution < -0.4 is 0 Å². The maximum absolute atomic E-state index is 12.8. The molecular formula is C14H20FNO. The Balaban J connectivity index is 2.05. The number of hydrogen-bond acceptors (Lipinski definition) is 2. The highest BCUT2D eigenvalue weighted by atomic mass is 19.1. The topological polar surface area (TPSA) is 33.1 Å². The normalized spacial score (nSPS) is 31.2. The molecule has 1 N–H and O–H groups in total. The smallest absolute Gasteiger partial charge is 0.141 e. The predicted octanol–water partition coefficient (Wildman–Crippen LogP) is 3.33. The van der Waals surface area contributed by atoms with E-state index >= 15 is 0 Å². The van der Waals surface area contributed by atoms with E-state index in [4.69, 9.17) is 0 Å². The monoisotopic (exact) mass is 237 g/mol. The Morgan fingerprint density at radius 1 is 1.29 bits per heavy atom. The molecule has 1 aromatic rings. The van der Waals surface area contributed by atoms with Crippen LogP contribution in [-0.4, -0.2) is 10.1 Å². The summed E-state index contributed by atoms with van der Waals surface area (Å²) in [5, 5.41) is 10.3.